The van der Waals surface area contributed by atoms with Crippen LogP contribution in [0.1, 0.15) is 29.3 Å². The number of amides is 1. The largest absolute Gasteiger partial charge is 0.489 e. The highest BCUT2D eigenvalue weighted by Crippen LogP contribution is 2.19. The zero-order valence-corrected chi connectivity index (χ0v) is 17.8. The van der Waals surface area contributed by atoms with E-state index in [2.05, 4.69) is 10.0 Å². The van der Waals surface area contributed by atoms with E-state index in [4.69, 9.17) is 4.74 Å². The monoisotopic (exact) mass is 442 g/mol. The Morgan fingerprint density at radius 1 is 0.968 bits per heavy atom. The fourth-order valence-corrected chi connectivity index (χ4v) is 3.93. The van der Waals surface area contributed by atoms with E-state index in [1.54, 1.807) is 67.6 Å². The van der Waals surface area contributed by atoms with Crippen LogP contribution in [0.5, 0.6) is 5.75 Å². The highest BCUT2D eigenvalue weighted by Gasteiger charge is 2.10. The fraction of sp³-hybridized carbons (Fsp3) is 0.174. The summed E-state index contributed by atoms with van der Waals surface area (Å²) in [6.07, 6.45) is 0.524. The lowest BCUT2D eigenvalue weighted by atomic mass is 10.2. The van der Waals surface area contributed by atoms with Crippen molar-refractivity contribution in [2.24, 2.45) is 0 Å². The second kappa shape index (κ2) is 10.1. The highest BCUT2D eigenvalue weighted by molar-refractivity contribution is 7.92. The van der Waals surface area contributed by atoms with Gasteiger partial charge in [0.1, 0.15) is 18.2 Å². The number of rotatable bonds is 9. The van der Waals surface area contributed by atoms with Crippen LogP contribution in [0.2, 0.25) is 0 Å². The molecule has 0 radical (unpaired) electrons. The average Bonchev–Trinajstić information content (AvgIpc) is 2.74. The third-order valence-electron chi connectivity index (χ3n) is 4.30. The molecule has 0 aliphatic rings. The first-order valence-electron chi connectivity index (χ1n) is 9.74. The zero-order valence-electron chi connectivity index (χ0n) is 17.0. The number of halogens is 1. The normalized spacial score (nSPS) is 11.0. The molecule has 0 unspecified atom stereocenters. The smallest absolute Gasteiger partial charge is 0.255 e. The molecular formula is C23H23FN2O4S. The van der Waals surface area contributed by atoms with Gasteiger partial charge in [-0.25, -0.2) is 12.8 Å². The molecule has 162 valence electrons. The minimum Gasteiger partial charge on any atom is -0.489 e. The SMILES string of the molecule is CCCS(=O)(=O)Nc1ccc(NC(=O)c2cccc(OCc3ccc(F)cc3)c2)cc1. The lowest BCUT2D eigenvalue weighted by Gasteiger charge is -2.10. The maximum atomic E-state index is 13.0. The fourth-order valence-electron chi connectivity index (χ4n) is 2.80. The Hall–Kier alpha value is -3.39. The summed E-state index contributed by atoms with van der Waals surface area (Å²) in [5.41, 5.74) is 2.18. The summed E-state index contributed by atoms with van der Waals surface area (Å²) in [7, 11) is -3.37. The highest BCUT2D eigenvalue weighted by atomic mass is 32.2. The van der Waals surface area contributed by atoms with Gasteiger partial charge in [-0.15, -0.1) is 0 Å². The maximum Gasteiger partial charge on any atom is 0.255 e. The average molecular weight is 443 g/mol. The van der Waals surface area contributed by atoms with Crippen molar-refractivity contribution < 1.29 is 22.3 Å². The molecule has 0 saturated heterocycles. The Kier molecular flexibility index (Phi) is 7.25. The van der Waals surface area contributed by atoms with E-state index in [0.29, 0.717) is 29.1 Å². The van der Waals surface area contributed by atoms with Gasteiger partial charge in [0.05, 0.1) is 5.75 Å². The van der Waals surface area contributed by atoms with Crippen LogP contribution >= 0.6 is 0 Å². The van der Waals surface area contributed by atoms with Crippen LogP contribution in [0.25, 0.3) is 0 Å². The second-order valence-electron chi connectivity index (χ2n) is 6.90. The van der Waals surface area contributed by atoms with E-state index in [9.17, 15) is 17.6 Å². The predicted molar refractivity (Wildman–Crippen MR) is 119 cm³/mol. The summed E-state index contributed by atoms with van der Waals surface area (Å²) in [6.45, 7) is 2.04. The molecule has 3 aromatic carbocycles. The lowest BCUT2D eigenvalue weighted by Crippen LogP contribution is -2.16. The van der Waals surface area contributed by atoms with E-state index in [1.165, 1.54) is 12.1 Å². The number of anilines is 2. The van der Waals surface area contributed by atoms with Gasteiger partial charge in [0.2, 0.25) is 10.0 Å². The molecule has 0 aliphatic heterocycles. The third kappa shape index (κ3) is 6.82. The van der Waals surface area contributed by atoms with Crippen molar-refractivity contribution in [3.05, 3.63) is 89.7 Å². The van der Waals surface area contributed by atoms with Crippen molar-refractivity contribution in [1.29, 1.82) is 0 Å². The minimum atomic E-state index is -3.37. The van der Waals surface area contributed by atoms with E-state index < -0.39 is 10.0 Å². The van der Waals surface area contributed by atoms with Crippen LogP contribution in [-0.4, -0.2) is 20.1 Å². The molecule has 1 amide bonds. The number of hydrogen-bond donors (Lipinski definition) is 2. The van der Waals surface area contributed by atoms with Crippen LogP contribution in [-0.2, 0) is 16.6 Å². The zero-order chi connectivity index (χ0) is 22.3. The van der Waals surface area contributed by atoms with Crippen LogP contribution in [0.3, 0.4) is 0 Å². The summed E-state index contributed by atoms with van der Waals surface area (Å²) >= 11 is 0. The Morgan fingerprint density at radius 2 is 1.65 bits per heavy atom. The maximum absolute atomic E-state index is 13.0. The first kappa shape index (κ1) is 22.3. The van der Waals surface area contributed by atoms with Gasteiger partial charge in [-0.2, -0.15) is 0 Å². The number of benzene rings is 3. The number of hydrogen-bond acceptors (Lipinski definition) is 4. The van der Waals surface area contributed by atoms with Crippen LogP contribution in [0, 0.1) is 5.82 Å². The van der Waals surface area contributed by atoms with Crippen molar-refractivity contribution in [2.75, 3.05) is 15.8 Å². The molecule has 3 aromatic rings. The van der Waals surface area contributed by atoms with Crippen molar-refractivity contribution in [2.45, 2.75) is 20.0 Å². The molecule has 3 rings (SSSR count). The number of carbonyl (C=O) groups is 1. The molecule has 2 N–H and O–H groups in total. The summed E-state index contributed by atoms with van der Waals surface area (Å²) < 4.78 is 44.8. The number of carbonyl (C=O) groups excluding carboxylic acids is 1. The Morgan fingerprint density at radius 3 is 2.32 bits per heavy atom. The van der Waals surface area contributed by atoms with E-state index in [1.807, 2.05) is 0 Å². The molecule has 0 bridgehead atoms. The van der Waals surface area contributed by atoms with Gasteiger partial charge in [0, 0.05) is 16.9 Å². The minimum absolute atomic E-state index is 0.0467. The van der Waals surface area contributed by atoms with Gasteiger partial charge in [0.25, 0.3) is 5.91 Å². The second-order valence-corrected chi connectivity index (χ2v) is 8.74. The number of ether oxygens (including phenoxy) is 1. The van der Waals surface area contributed by atoms with Gasteiger partial charge in [0.15, 0.2) is 0 Å². The molecule has 8 heteroatoms. The first-order chi connectivity index (χ1) is 14.8. The molecular weight excluding hydrogens is 419 g/mol. The van der Waals surface area contributed by atoms with E-state index >= 15 is 0 Å². The molecule has 0 heterocycles. The Bertz CT molecular complexity index is 1130. The molecule has 6 nitrogen and oxygen atoms in total. The van der Waals surface area contributed by atoms with Crippen molar-refractivity contribution >= 4 is 27.3 Å². The topological polar surface area (TPSA) is 84.5 Å². The molecule has 0 aliphatic carbocycles. The Labute approximate surface area is 181 Å². The van der Waals surface area contributed by atoms with Crippen molar-refractivity contribution in [3.8, 4) is 5.75 Å². The van der Waals surface area contributed by atoms with Crippen LogP contribution < -0.4 is 14.8 Å². The van der Waals surface area contributed by atoms with Gasteiger partial charge in [-0.3, -0.25) is 9.52 Å². The van der Waals surface area contributed by atoms with E-state index in [-0.39, 0.29) is 24.1 Å². The summed E-state index contributed by atoms with van der Waals surface area (Å²) in [5.74, 6) is -0.0802. The molecule has 0 atom stereocenters. The molecule has 0 spiro atoms. The summed E-state index contributed by atoms with van der Waals surface area (Å²) in [5, 5.41) is 2.77. The van der Waals surface area contributed by atoms with Crippen molar-refractivity contribution in [1.82, 2.24) is 0 Å². The molecule has 0 saturated carbocycles. The van der Waals surface area contributed by atoms with Gasteiger partial charge in [-0.05, 0) is 66.6 Å². The van der Waals surface area contributed by atoms with E-state index in [0.717, 1.165) is 5.56 Å². The van der Waals surface area contributed by atoms with Gasteiger partial charge in [-0.1, -0.05) is 25.1 Å². The van der Waals surface area contributed by atoms with Gasteiger partial charge >= 0.3 is 0 Å². The third-order valence-corrected chi connectivity index (χ3v) is 5.80. The lowest BCUT2D eigenvalue weighted by molar-refractivity contribution is 0.102. The van der Waals surface area contributed by atoms with Gasteiger partial charge < -0.3 is 10.1 Å². The molecule has 0 fully saturated rings. The first-order valence-corrected chi connectivity index (χ1v) is 11.4. The standard InChI is InChI=1S/C23H23FN2O4S/c1-2-14-31(28,29)26-21-12-10-20(11-13-21)25-23(27)18-4-3-5-22(15-18)30-16-17-6-8-19(24)9-7-17/h3-13,15,26H,2,14,16H2,1H3,(H,25,27). The molecule has 31 heavy (non-hydrogen) atoms. The summed E-state index contributed by atoms with van der Waals surface area (Å²) in [6, 6.07) is 19.1. The molecule has 0 aromatic heterocycles. The Balaban J connectivity index is 1.60. The van der Waals surface area contributed by atoms with Crippen molar-refractivity contribution in [3.63, 3.8) is 0 Å². The predicted octanol–water partition coefficient (Wildman–Crippen LogP) is 4.81. The summed E-state index contributed by atoms with van der Waals surface area (Å²) in [4.78, 5) is 12.6. The quantitative estimate of drug-likeness (QED) is 0.498. The van der Waals surface area contributed by atoms with Crippen LogP contribution in [0.15, 0.2) is 72.8 Å². The number of sulfonamides is 1. The number of nitrogens with one attached hydrogen (secondary N) is 2. The van der Waals surface area contributed by atoms with Crippen LogP contribution in [0.4, 0.5) is 15.8 Å².